The van der Waals surface area contributed by atoms with E-state index in [9.17, 15) is 5.11 Å². The lowest BCUT2D eigenvalue weighted by atomic mass is 9.76. The normalized spacial score (nSPS) is 51.0. The summed E-state index contributed by atoms with van der Waals surface area (Å²) in [4.78, 5) is 0. The second-order valence-electron chi connectivity index (χ2n) is 5.76. The van der Waals surface area contributed by atoms with Gasteiger partial charge >= 0.3 is 0 Å². The summed E-state index contributed by atoms with van der Waals surface area (Å²) in [5.41, 5.74) is 0. The van der Waals surface area contributed by atoms with Crippen LogP contribution in [0.5, 0.6) is 0 Å². The zero-order valence-electron chi connectivity index (χ0n) is 10.4. The summed E-state index contributed by atoms with van der Waals surface area (Å²) >= 11 is 0. The maximum Gasteiger partial charge on any atom is 0.166 e. The van der Waals surface area contributed by atoms with Gasteiger partial charge in [0.05, 0.1) is 6.10 Å². The van der Waals surface area contributed by atoms with Crippen LogP contribution in [0.25, 0.3) is 0 Å². The van der Waals surface area contributed by atoms with Crippen molar-refractivity contribution in [3.8, 4) is 0 Å². The summed E-state index contributed by atoms with van der Waals surface area (Å²) in [5.74, 6) is 1.40. The monoisotopic (exact) mass is 212 g/mol. The van der Waals surface area contributed by atoms with Crippen molar-refractivity contribution in [2.75, 3.05) is 0 Å². The molecule has 1 N–H and O–H groups in total. The molecule has 1 saturated carbocycles. The second kappa shape index (κ2) is 3.74. The minimum absolute atomic E-state index is 0.300. The highest BCUT2D eigenvalue weighted by atomic mass is 16.6. The van der Waals surface area contributed by atoms with E-state index in [-0.39, 0.29) is 0 Å². The molecule has 15 heavy (non-hydrogen) atoms. The molecule has 1 aliphatic heterocycles. The van der Waals surface area contributed by atoms with Crippen LogP contribution < -0.4 is 0 Å². The lowest BCUT2D eigenvalue weighted by Gasteiger charge is -2.37. The van der Waals surface area contributed by atoms with Crippen LogP contribution in [0, 0.1) is 23.7 Å². The van der Waals surface area contributed by atoms with Crippen molar-refractivity contribution in [3.63, 3.8) is 0 Å². The molecule has 0 amide bonds. The second-order valence-corrected chi connectivity index (χ2v) is 5.76. The van der Waals surface area contributed by atoms with Gasteiger partial charge in [-0.15, -0.1) is 0 Å². The number of hydrogen-bond acceptors (Lipinski definition) is 2. The first-order valence-electron chi connectivity index (χ1n) is 6.37. The van der Waals surface area contributed by atoms with Gasteiger partial charge in [0.1, 0.15) is 0 Å². The molecular formula is C13H24O2. The average molecular weight is 212 g/mol. The van der Waals surface area contributed by atoms with Crippen LogP contribution in [0.2, 0.25) is 0 Å². The molecule has 0 aromatic carbocycles. The van der Waals surface area contributed by atoms with Crippen LogP contribution in [-0.2, 0) is 4.74 Å². The van der Waals surface area contributed by atoms with E-state index >= 15 is 0 Å². The molecule has 2 aliphatic rings. The van der Waals surface area contributed by atoms with Crippen molar-refractivity contribution >= 4 is 0 Å². The van der Waals surface area contributed by atoms with E-state index in [1.165, 1.54) is 12.8 Å². The molecule has 88 valence electrons. The van der Waals surface area contributed by atoms with Crippen molar-refractivity contribution in [2.24, 2.45) is 23.7 Å². The zero-order valence-corrected chi connectivity index (χ0v) is 10.4. The topological polar surface area (TPSA) is 29.5 Å². The van der Waals surface area contributed by atoms with Crippen LogP contribution in [0.15, 0.2) is 0 Å². The standard InChI is InChI=1S/C13H24O2/c1-5-6-8(2)10-7-11-9(3)12(10)13(4,14)15-11/h8-12,14H,5-7H2,1-4H3/t8-,9+,10-,11-,12?,13?/m0/s1. The Balaban J connectivity index is 2.11. The Morgan fingerprint density at radius 2 is 2.20 bits per heavy atom. The van der Waals surface area contributed by atoms with E-state index in [0.29, 0.717) is 23.9 Å². The SMILES string of the molecule is CCC[C@H](C)[C@@H]1C[C@@H]2OC(C)(O)C1[C@@H]2C. The maximum absolute atomic E-state index is 10.2. The lowest BCUT2D eigenvalue weighted by Crippen LogP contribution is -2.41. The average Bonchev–Trinajstić information content (AvgIpc) is 2.54. The van der Waals surface area contributed by atoms with Gasteiger partial charge in [0.15, 0.2) is 5.79 Å². The quantitative estimate of drug-likeness (QED) is 0.779. The van der Waals surface area contributed by atoms with Gasteiger partial charge in [0, 0.05) is 5.92 Å². The summed E-state index contributed by atoms with van der Waals surface area (Å²) in [6.45, 7) is 8.65. The number of ether oxygens (including phenoxy) is 1. The van der Waals surface area contributed by atoms with Gasteiger partial charge in [0.2, 0.25) is 0 Å². The molecule has 0 radical (unpaired) electrons. The highest BCUT2D eigenvalue weighted by molar-refractivity contribution is 5.02. The highest BCUT2D eigenvalue weighted by Gasteiger charge is 2.59. The van der Waals surface area contributed by atoms with Crippen molar-refractivity contribution in [1.29, 1.82) is 0 Å². The van der Waals surface area contributed by atoms with E-state index in [2.05, 4.69) is 20.8 Å². The van der Waals surface area contributed by atoms with E-state index in [0.717, 1.165) is 12.3 Å². The number of aliphatic hydroxyl groups is 1. The first-order chi connectivity index (χ1) is 6.97. The van der Waals surface area contributed by atoms with Crippen molar-refractivity contribution in [2.45, 2.75) is 58.8 Å². The Hall–Kier alpha value is -0.0800. The third kappa shape index (κ3) is 1.72. The van der Waals surface area contributed by atoms with Crippen LogP contribution >= 0.6 is 0 Å². The molecule has 1 saturated heterocycles. The first kappa shape index (κ1) is 11.4. The number of rotatable bonds is 3. The molecular weight excluding hydrogens is 188 g/mol. The van der Waals surface area contributed by atoms with Crippen molar-refractivity contribution < 1.29 is 9.84 Å². The number of fused-ring (bicyclic) bond motifs is 2. The molecule has 2 unspecified atom stereocenters. The fraction of sp³-hybridized carbons (Fsp3) is 1.00. The van der Waals surface area contributed by atoms with Gasteiger partial charge in [-0.1, -0.05) is 33.6 Å². The Kier molecular flexibility index (Phi) is 2.85. The molecule has 0 aromatic heterocycles. The molecule has 2 rings (SSSR count). The van der Waals surface area contributed by atoms with Crippen LogP contribution in [0.1, 0.15) is 47.0 Å². The summed E-state index contributed by atoms with van der Waals surface area (Å²) in [6.07, 6.45) is 3.97. The third-order valence-corrected chi connectivity index (χ3v) is 4.60. The Labute approximate surface area is 93.0 Å². The molecule has 6 atom stereocenters. The van der Waals surface area contributed by atoms with Gasteiger partial charge < -0.3 is 9.84 Å². The molecule has 2 nitrogen and oxygen atoms in total. The Morgan fingerprint density at radius 3 is 2.67 bits per heavy atom. The first-order valence-corrected chi connectivity index (χ1v) is 6.37. The lowest BCUT2D eigenvalue weighted by molar-refractivity contribution is -0.233. The fourth-order valence-electron chi connectivity index (χ4n) is 3.93. The van der Waals surface area contributed by atoms with Gasteiger partial charge in [-0.25, -0.2) is 0 Å². The summed E-state index contributed by atoms with van der Waals surface area (Å²) in [7, 11) is 0. The smallest absolute Gasteiger partial charge is 0.166 e. The van der Waals surface area contributed by atoms with Gasteiger partial charge in [-0.05, 0) is 31.1 Å². The van der Waals surface area contributed by atoms with E-state index in [1.807, 2.05) is 6.92 Å². The van der Waals surface area contributed by atoms with Crippen molar-refractivity contribution in [1.82, 2.24) is 0 Å². The summed E-state index contributed by atoms with van der Waals surface area (Å²) in [5, 5.41) is 10.2. The fourth-order valence-corrected chi connectivity index (χ4v) is 3.93. The largest absolute Gasteiger partial charge is 0.365 e. The minimum Gasteiger partial charge on any atom is -0.365 e. The molecule has 2 heteroatoms. The Bertz CT molecular complexity index is 237. The van der Waals surface area contributed by atoms with Crippen LogP contribution in [-0.4, -0.2) is 17.0 Å². The zero-order chi connectivity index (χ0) is 11.2. The van der Waals surface area contributed by atoms with Crippen LogP contribution in [0.3, 0.4) is 0 Å². The third-order valence-electron chi connectivity index (χ3n) is 4.60. The van der Waals surface area contributed by atoms with E-state index < -0.39 is 5.79 Å². The molecule has 1 aliphatic carbocycles. The van der Waals surface area contributed by atoms with Crippen molar-refractivity contribution in [3.05, 3.63) is 0 Å². The van der Waals surface area contributed by atoms with E-state index in [4.69, 9.17) is 4.74 Å². The van der Waals surface area contributed by atoms with Crippen LogP contribution in [0.4, 0.5) is 0 Å². The van der Waals surface area contributed by atoms with E-state index in [1.54, 1.807) is 0 Å². The molecule has 0 spiro atoms. The molecule has 0 aromatic rings. The minimum atomic E-state index is -0.866. The maximum atomic E-state index is 10.2. The highest BCUT2D eigenvalue weighted by Crippen LogP contribution is 2.55. The van der Waals surface area contributed by atoms with Gasteiger partial charge in [-0.2, -0.15) is 0 Å². The van der Waals surface area contributed by atoms with Gasteiger partial charge in [0.25, 0.3) is 0 Å². The molecule has 1 heterocycles. The summed E-state index contributed by atoms with van der Waals surface area (Å²) in [6, 6.07) is 0. The predicted octanol–water partition coefficient (Wildman–Crippen LogP) is 2.80. The predicted molar refractivity (Wildman–Crippen MR) is 60.3 cm³/mol. The van der Waals surface area contributed by atoms with Gasteiger partial charge in [-0.3, -0.25) is 0 Å². The number of hydrogen-bond donors (Lipinski definition) is 1. The molecule has 2 bridgehead atoms. The molecule has 2 fully saturated rings. The summed E-state index contributed by atoms with van der Waals surface area (Å²) < 4.78 is 5.67. The Morgan fingerprint density at radius 1 is 1.53 bits per heavy atom.